The summed E-state index contributed by atoms with van der Waals surface area (Å²) in [6.07, 6.45) is -0.676. The molecule has 10 heteroatoms. The topological polar surface area (TPSA) is 84.1 Å². The maximum Gasteiger partial charge on any atom is 0.419 e. The highest BCUT2D eigenvalue weighted by Gasteiger charge is 2.40. The second-order valence-electron chi connectivity index (χ2n) is 7.50. The number of nitrogens with zero attached hydrogens (tertiary/aromatic N) is 2. The number of aromatic nitrogens is 3. The summed E-state index contributed by atoms with van der Waals surface area (Å²) in [5, 5.41) is 3.73. The zero-order chi connectivity index (χ0) is 20.8. The van der Waals surface area contributed by atoms with Crippen LogP contribution < -0.4 is 20.9 Å². The van der Waals surface area contributed by atoms with Crippen molar-refractivity contribution in [1.82, 2.24) is 9.97 Å². The lowest BCUT2D eigenvalue weighted by Gasteiger charge is -2.24. The number of halogens is 4. The molecule has 1 aliphatic heterocycles. The van der Waals surface area contributed by atoms with Gasteiger partial charge in [0.05, 0.1) is 29.9 Å². The molecule has 0 aliphatic carbocycles. The van der Waals surface area contributed by atoms with Crippen LogP contribution >= 0.6 is 0 Å². The summed E-state index contributed by atoms with van der Waals surface area (Å²) >= 11 is 0. The van der Waals surface area contributed by atoms with E-state index in [1.54, 1.807) is 6.33 Å². The Bertz CT molecular complexity index is 1050. The molecule has 1 saturated heterocycles. The van der Waals surface area contributed by atoms with Gasteiger partial charge in [0.15, 0.2) is 5.82 Å². The van der Waals surface area contributed by atoms with Crippen molar-refractivity contribution in [3.8, 4) is 0 Å². The third kappa shape index (κ3) is 3.59. The first-order chi connectivity index (χ1) is 13.7. The van der Waals surface area contributed by atoms with Crippen molar-refractivity contribution in [2.75, 3.05) is 29.9 Å². The largest absolute Gasteiger partial charge is 0.419 e. The Hall–Kier alpha value is -2.88. The van der Waals surface area contributed by atoms with E-state index in [9.17, 15) is 17.6 Å². The van der Waals surface area contributed by atoms with Gasteiger partial charge in [-0.25, -0.2) is 9.37 Å². The average molecular weight is 409 g/mol. The van der Waals surface area contributed by atoms with Crippen LogP contribution in [0.2, 0.25) is 0 Å². The van der Waals surface area contributed by atoms with E-state index in [1.165, 1.54) is 12.1 Å². The minimum atomic E-state index is -4.75. The fraction of sp³-hybridized carbons (Fsp3) is 0.368. The molecule has 0 saturated carbocycles. The third-order valence-electron chi connectivity index (χ3n) is 5.32. The van der Waals surface area contributed by atoms with Crippen LogP contribution in [0.4, 0.5) is 29.1 Å². The van der Waals surface area contributed by atoms with Gasteiger partial charge >= 0.3 is 6.18 Å². The van der Waals surface area contributed by atoms with Gasteiger partial charge in [-0.2, -0.15) is 13.2 Å². The number of aromatic amines is 2. The number of hydrogen-bond donors (Lipinski definition) is 3. The molecule has 0 bridgehead atoms. The number of H-pyrrole nitrogens is 2. The summed E-state index contributed by atoms with van der Waals surface area (Å²) in [7, 11) is 0. The number of alkyl halides is 3. The van der Waals surface area contributed by atoms with Crippen molar-refractivity contribution < 1.29 is 22.5 Å². The van der Waals surface area contributed by atoms with Gasteiger partial charge in [0.1, 0.15) is 5.39 Å². The van der Waals surface area contributed by atoms with Crippen molar-refractivity contribution in [2.45, 2.75) is 25.1 Å². The summed E-state index contributed by atoms with van der Waals surface area (Å²) in [5.41, 5.74) is 6.05. The molecule has 3 heterocycles. The first-order valence-electron chi connectivity index (χ1n) is 9.16. The quantitative estimate of drug-likeness (QED) is 0.579. The lowest BCUT2D eigenvalue weighted by Crippen LogP contribution is -2.49. The van der Waals surface area contributed by atoms with Crippen LogP contribution in [0.1, 0.15) is 17.5 Å². The lowest BCUT2D eigenvalue weighted by atomic mass is 10.00. The molecule has 4 rings (SSSR count). The highest BCUT2D eigenvalue weighted by molar-refractivity contribution is 5.89. The third-order valence-corrected chi connectivity index (χ3v) is 5.32. The van der Waals surface area contributed by atoms with Crippen LogP contribution in [0.15, 0.2) is 30.7 Å². The molecule has 3 aromatic rings. The van der Waals surface area contributed by atoms with Crippen molar-refractivity contribution in [2.24, 2.45) is 5.73 Å². The second kappa shape index (κ2) is 6.87. The molecule has 154 valence electrons. The average Bonchev–Trinajstić information content (AvgIpc) is 3.24. The molecular formula is C19H21F4N6+. The van der Waals surface area contributed by atoms with Crippen molar-refractivity contribution >= 4 is 22.5 Å². The number of anilines is 2. The fourth-order valence-electron chi connectivity index (χ4n) is 3.78. The van der Waals surface area contributed by atoms with Gasteiger partial charge in [0.25, 0.3) is 0 Å². The SMILES string of the molecule is Cc1c[nH]c2nc[nH+]c(N3CCC(N)(CNc4cccc(C(F)(F)F)c4F)C3)c12. The van der Waals surface area contributed by atoms with Gasteiger partial charge in [-0.3, -0.25) is 4.90 Å². The zero-order valence-corrected chi connectivity index (χ0v) is 15.7. The van der Waals surface area contributed by atoms with E-state index in [2.05, 4.69) is 25.2 Å². The minimum Gasteiger partial charge on any atom is -0.381 e. The van der Waals surface area contributed by atoms with E-state index >= 15 is 0 Å². The fourth-order valence-corrected chi connectivity index (χ4v) is 3.78. The monoisotopic (exact) mass is 409 g/mol. The Kier molecular flexibility index (Phi) is 4.60. The second-order valence-corrected chi connectivity index (χ2v) is 7.50. The van der Waals surface area contributed by atoms with Crippen LogP contribution in [-0.4, -0.2) is 35.1 Å². The number of nitrogens with two attached hydrogens (primary N) is 1. The predicted octanol–water partition coefficient (Wildman–Crippen LogP) is 2.86. The molecule has 2 aromatic heterocycles. The van der Waals surface area contributed by atoms with Gasteiger partial charge in [-0.15, -0.1) is 0 Å². The van der Waals surface area contributed by atoms with Crippen LogP contribution in [0, 0.1) is 12.7 Å². The van der Waals surface area contributed by atoms with Crippen LogP contribution in [0.3, 0.4) is 0 Å². The smallest absolute Gasteiger partial charge is 0.381 e. The van der Waals surface area contributed by atoms with Gasteiger partial charge in [0, 0.05) is 19.2 Å². The molecule has 1 atom stereocenters. The number of hydrogen-bond acceptors (Lipinski definition) is 4. The van der Waals surface area contributed by atoms with Gasteiger partial charge < -0.3 is 16.0 Å². The van der Waals surface area contributed by atoms with E-state index in [0.717, 1.165) is 28.5 Å². The Morgan fingerprint density at radius 1 is 1.38 bits per heavy atom. The highest BCUT2D eigenvalue weighted by atomic mass is 19.4. The normalized spacial score (nSPS) is 19.9. The molecule has 1 unspecified atom stereocenters. The van der Waals surface area contributed by atoms with Crippen LogP contribution in [0.5, 0.6) is 0 Å². The Morgan fingerprint density at radius 3 is 2.93 bits per heavy atom. The van der Waals surface area contributed by atoms with Gasteiger partial charge in [0.2, 0.25) is 17.8 Å². The number of aryl methyl sites for hydroxylation is 1. The molecule has 29 heavy (non-hydrogen) atoms. The van der Waals surface area contributed by atoms with E-state index in [-0.39, 0.29) is 12.2 Å². The number of fused-ring (bicyclic) bond motifs is 1. The minimum absolute atomic E-state index is 0.141. The summed E-state index contributed by atoms with van der Waals surface area (Å²) in [4.78, 5) is 12.6. The molecular weight excluding hydrogens is 388 g/mol. The first-order valence-corrected chi connectivity index (χ1v) is 9.16. The molecule has 5 N–H and O–H groups in total. The predicted molar refractivity (Wildman–Crippen MR) is 101 cm³/mol. The summed E-state index contributed by atoms with van der Waals surface area (Å²) < 4.78 is 53.0. The van der Waals surface area contributed by atoms with Crippen LogP contribution in [-0.2, 0) is 6.18 Å². The number of rotatable bonds is 4. The van der Waals surface area contributed by atoms with Crippen molar-refractivity contribution in [3.63, 3.8) is 0 Å². The molecule has 0 amide bonds. The molecule has 1 aliphatic rings. The Labute approximate surface area is 164 Å². The van der Waals surface area contributed by atoms with Gasteiger partial charge in [-0.05, 0) is 24.6 Å². The highest BCUT2D eigenvalue weighted by Crippen LogP contribution is 2.34. The van der Waals surface area contributed by atoms with Gasteiger partial charge in [-0.1, -0.05) is 11.1 Å². The molecule has 0 spiro atoms. The lowest BCUT2D eigenvalue weighted by molar-refractivity contribution is -0.366. The Balaban J connectivity index is 1.51. The van der Waals surface area contributed by atoms with E-state index in [4.69, 9.17) is 5.73 Å². The van der Waals surface area contributed by atoms with Crippen LogP contribution in [0.25, 0.3) is 11.0 Å². The maximum atomic E-state index is 14.2. The summed E-state index contributed by atoms with van der Waals surface area (Å²) in [6.45, 7) is 3.23. The van der Waals surface area contributed by atoms with E-state index in [1.807, 2.05) is 13.1 Å². The van der Waals surface area contributed by atoms with Crippen molar-refractivity contribution in [1.29, 1.82) is 0 Å². The van der Waals surface area contributed by atoms with E-state index < -0.39 is 23.1 Å². The molecule has 0 radical (unpaired) electrons. The number of benzene rings is 1. The molecule has 6 nitrogen and oxygen atoms in total. The summed E-state index contributed by atoms with van der Waals surface area (Å²) in [6, 6.07) is 3.18. The molecule has 1 aromatic carbocycles. The Morgan fingerprint density at radius 2 is 2.17 bits per heavy atom. The maximum absolute atomic E-state index is 14.2. The standard InChI is InChI=1S/C19H20F4N6/c1-11-7-25-16-14(11)17(28-10-27-16)29-6-5-18(24,9-29)8-26-13-4-2-3-12(15(13)20)19(21,22)23/h2-4,7,10,26H,5-6,8-9,24H2,1H3,(H,25,27,28)/p+1. The zero-order valence-electron chi connectivity index (χ0n) is 15.7. The molecule has 1 fully saturated rings. The number of nitrogens with one attached hydrogen (secondary N) is 3. The first kappa shape index (κ1) is 19.4. The van der Waals surface area contributed by atoms with E-state index in [0.29, 0.717) is 19.5 Å². The van der Waals surface area contributed by atoms with Crippen molar-refractivity contribution in [3.05, 3.63) is 47.7 Å². The summed E-state index contributed by atoms with van der Waals surface area (Å²) in [5.74, 6) is -0.433.